The number of amides is 1. The molecule has 0 aromatic heterocycles. The van der Waals surface area contributed by atoms with E-state index in [-0.39, 0.29) is 25.1 Å². The third-order valence-corrected chi connectivity index (χ3v) is 4.02. The summed E-state index contributed by atoms with van der Waals surface area (Å²) >= 11 is 0. The third kappa shape index (κ3) is 2.03. The van der Waals surface area contributed by atoms with E-state index in [1.165, 1.54) is 0 Å². The molecule has 2 heterocycles. The fourth-order valence-electron chi connectivity index (χ4n) is 2.90. The van der Waals surface area contributed by atoms with E-state index in [4.69, 9.17) is 9.47 Å². The number of carbonyl (C=O) groups is 1. The van der Waals surface area contributed by atoms with Crippen molar-refractivity contribution in [3.05, 3.63) is 23.8 Å². The Balaban J connectivity index is 0.00000110. The van der Waals surface area contributed by atoms with E-state index in [0.717, 1.165) is 13.1 Å². The lowest BCUT2D eigenvalue weighted by Crippen LogP contribution is -2.32. The average molecular weight is 283 g/mol. The van der Waals surface area contributed by atoms with E-state index in [0.29, 0.717) is 34.9 Å². The van der Waals surface area contributed by atoms with E-state index in [9.17, 15) is 4.79 Å². The molecule has 1 saturated carbocycles. The number of carbonyl (C=O) groups excluding carboxylic acids is 1. The first-order valence-electron chi connectivity index (χ1n) is 6.24. The minimum Gasteiger partial charge on any atom is -0.454 e. The van der Waals surface area contributed by atoms with E-state index in [1.807, 2.05) is 0 Å². The van der Waals surface area contributed by atoms with Crippen molar-refractivity contribution < 1.29 is 14.3 Å². The molecule has 0 radical (unpaired) electrons. The molecule has 2 unspecified atom stereocenters. The Kier molecular flexibility index (Phi) is 3.03. The molecule has 1 aliphatic carbocycles. The normalized spacial score (nSPS) is 29.4. The highest BCUT2D eigenvalue weighted by atomic mass is 35.5. The Morgan fingerprint density at radius 2 is 1.95 bits per heavy atom. The molecule has 3 aliphatic rings. The molecule has 2 N–H and O–H groups in total. The molecule has 5 nitrogen and oxygen atoms in total. The second-order valence-electron chi connectivity index (χ2n) is 5.05. The van der Waals surface area contributed by atoms with Gasteiger partial charge in [-0.25, -0.2) is 0 Å². The molecule has 19 heavy (non-hydrogen) atoms. The maximum absolute atomic E-state index is 12.1. The smallest absolute Gasteiger partial charge is 0.251 e. The summed E-state index contributed by atoms with van der Waals surface area (Å²) in [6, 6.07) is 5.66. The van der Waals surface area contributed by atoms with Crippen LogP contribution in [-0.4, -0.2) is 31.8 Å². The zero-order valence-electron chi connectivity index (χ0n) is 10.2. The Morgan fingerprint density at radius 1 is 1.21 bits per heavy atom. The Morgan fingerprint density at radius 3 is 2.74 bits per heavy atom. The maximum atomic E-state index is 12.1. The van der Waals surface area contributed by atoms with E-state index < -0.39 is 0 Å². The van der Waals surface area contributed by atoms with Crippen LogP contribution in [0.5, 0.6) is 11.5 Å². The SMILES string of the molecule is Cl.O=C(NC1C2CNCC21)c1ccc2c(c1)OCO2. The number of nitrogens with one attached hydrogen (secondary N) is 2. The highest BCUT2D eigenvalue weighted by Gasteiger charge is 2.53. The molecule has 1 amide bonds. The fraction of sp³-hybridized carbons (Fsp3) is 0.462. The van der Waals surface area contributed by atoms with Crippen LogP contribution in [0.3, 0.4) is 0 Å². The minimum atomic E-state index is -0.0206. The lowest BCUT2D eigenvalue weighted by molar-refractivity contribution is 0.0946. The summed E-state index contributed by atoms with van der Waals surface area (Å²) in [6.07, 6.45) is 0. The van der Waals surface area contributed by atoms with Gasteiger partial charge < -0.3 is 20.1 Å². The lowest BCUT2D eigenvalue weighted by atomic mass is 10.2. The molecule has 2 atom stereocenters. The topological polar surface area (TPSA) is 59.6 Å². The summed E-state index contributed by atoms with van der Waals surface area (Å²) in [5.41, 5.74) is 0.636. The number of halogens is 1. The molecular weight excluding hydrogens is 268 g/mol. The van der Waals surface area contributed by atoms with Crippen LogP contribution in [0.15, 0.2) is 18.2 Å². The third-order valence-electron chi connectivity index (χ3n) is 4.02. The van der Waals surface area contributed by atoms with Crippen molar-refractivity contribution in [3.8, 4) is 11.5 Å². The van der Waals surface area contributed by atoms with Crippen LogP contribution in [0.4, 0.5) is 0 Å². The van der Waals surface area contributed by atoms with Crippen LogP contribution in [0.1, 0.15) is 10.4 Å². The van der Waals surface area contributed by atoms with Gasteiger partial charge in [0.2, 0.25) is 6.79 Å². The fourth-order valence-corrected chi connectivity index (χ4v) is 2.90. The first kappa shape index (κ1) is 12.6. The minimum absolute atomic E-state index is 0. The Hall–Kier alpha value is -1.46. The molecule has 6 heteroatoms. The van der Waals surface area contributed by atoms with Crippen LogP contribution in [0.25, 0.3) is 0 Å². The van der Waals surface area contributed by atoms with Gasteiger partial charge in [0.25, 0.3) is 5.91 Å². The monoisotopic (exact) mass is 282 g/mol. The predicted octanol–water partition coefficient (Wildman–Crippen LogP) is 0.785. The van der Waals surface area contributed by atoms with Gasteiger partial charge in [-0.1, -0.05) is 0 Å². The number of rotatable bonds is 2. The average Bonchev–Trinajstić information content (AvgIpc) is 2.82. The molecule has 4 rings (SSSR count). The highest BCUT2D eigenvalue weighted by Crippen LogP contribution is 2.42. The van der Waals surface area contributed by atoms with Gasteiger partial charge in [0.1, 0.15) is 0 Å². The molecule has 0 bridgehead atoms. The van der Waals surface area contributed by atoms with Crippen molar-refractivity contribution in [2.24, 2.45) is 11.8 Å². The first-order valence-corrected chi connectivity index (χ1v) is 6.24. The molecular formula is C13H15ClN2O3. The van der Waals surface area contributed by atoms with Gasteiger partial charge in [0, 0.05) is 24.7 Å². The summed E-state index contributed by atoms with van der Waals surface area (Å²) in [5.74, 6) is 2.60. The van der Waals surface area contributed by atoms with Crippen molar-refractivity contribution in [2.75, 3.05) is 19.9 Å². The second-order valence-corrected chi connectivity index (χ2v) is 5.05. The quantitative estimate of drug-likeness (QED) is 0.842. The van der Waals surface area contributed by atoms with Gasteiger partial charge in [-0.05, 0) is 30.0 Å². The summed E-state index contributed by atoms with van der Waals surface area (Å²) in [5, 5.41) is 6.40. The van der Waals surface area contributed by atoms with Crippen LogP contribution < -0.4 is 20.1 Å². The van der Waals surface area contributed by atoms with Gasteiger partial charge in [0.05, 0.1) is 0 Å². The Labute approximate surface area is 117 Å². The van der Waals surface area contributed by atoms with Crippen LogP contribution >= 0.6 is 12.4 Å². The maximum Gasteiger partial charge on any atom is 0.251 e. The van der Waals surface area contributed by atoms with Crippen LogP contribution in [0.2, 0.25) is 0 Å². The van der Waals surface area contributed by atoms with Crippen molar-refractivity contribution in [2.45, 2.75) is 6.04 Å². The molecule has 1 saturated heterocycles. The number of hydrogen-bond acceptors (Lipinski definition) is 4. The predicted molar refractivity (Wildman–Crippen MR) is 70.9 cm³/mol. The Bertz CT molecular complexity index is 513. The van der Waals surface area contributed by atoms with Crippen molar-refractivity contribution in [3.63, 3.8) is 0 Å². The highest BCUT2D eigenvalue weighted by molar-refractivity contribution is 5.95. The van der Waals surface area contributed by atoms with Gasteiger partial charge in [-0.2, -0.15) is 0 Å². The van der Waals surface area contributed by atoms with Crippen molar-refractivity contribution >= 4 is 18.3 Å². The summed E-state index contributed by atoms with van der Waals surface area (Å²) in [4.78, 5) is 12.1. The molecule has 102 valence electrons. The van der Waals surface area contributed by atoms with E-state index >= 15 is 0 Å². The van der Waals surface area contributed by atoms with E-state index in [2.05, 4.69) is 10.6 Å². The summed E-state index contributed by atoms with van der Waals surface area (Å²) < 4.78 is 10.5. The largest absolute Gasteiger partial charge is 0.454 e. The lowest BCUT2D eigenvalue weighted by Gasteiger charge is -2.08. The molecule has 1 aromatic rings. The van der Waals surface area contributed by atoms with Gasteiger partial charge >= 0.3 is 0 Å². The molecule has 2 aliphatic heterocycles. The summed E-state index contributed by atoms with van der Waals surface area (Å²) in [7, 11) is 0. The first-order chi connectivity index (χ1) is 8.83. The number of hydrogen-bond donors (Lipinski definition) is 2. The number of fused-ring (bicyclic) bond motifs is 2. The molecule has 0 spiro atoms. The summed E-state index contributed by atoms with van der Waals surface area (Å²) in [6.45, 7) is 2.28. The van der Waals surface area contributed by atoms with Gasteiger partial charge in [-0.3, -0.25) is 4.79 Å². The molecule has 1 aromatic carbocycles. The standard InChI is InChI=1S/C13H14N2O3.ClH/c16-13(15-12-8-4-14-5-9(8)12)7-1-2-10-11(3-7)18-6-17-10;/h1-3,8-9,12,14H,4-6H2,(H,15,16);1H. The van der Waals surface area contributed by atoms with E-state index in [1.54, 1.807) is 18.2 Å². The van der Waals surface area contributed by atoms with Crippen LogP contribution in [-0.2, 0) is 0 Å². The number of benzene rings is 1. The molecule has 2 fully saturated rings. The van der Waals surface area contributed by atoms with Crippen LogP contribution in [0, 0.1) is 11.8 Å². The van der Waals surface area contributed by atoms with Crippen molar-refractivity contribution in [1.82, 2.24) is 10.6 Å². The number of ether oxygens (including phenoxy) is 2. The van der Waals surface area contributed by atoms with Gasteiger partial charge in [0.15, 0.2) is 11.5 Å². The second kappa shape index (κ2) is 4.58. The van der Waals surface area contributed by atoms with Gasteiger partial charge in [-0.15, -0.1) is 12.4 Å². The zero-order valence-corrected chi connectivity index (χ0v) is 11.0. The number of piperidine rings is 1. The zero-order chi connectivity index (χ0) is 12.1. The van der Waals surface area contributed by atoms with Crippen molar-refractivity contribution in [1.29, 1.82) is 0 Å².